The molecular weight excluding hydrogens is 630 g/mol. The van der Waals surface area contributed by atoms with Crippen molar-refractivity contribution in [2.24, 2.45) is 22.9 Å². The molecule has 0 saturated carbocycles. The Morgan fingerprint density at radius 2 is 1.58 bits per heavy atom. The van der Waals surface area contributed by atoms with Crippen LogP contribution in [0.15, 0.2) is 12.5 Å². The zero-order valence-electron chi connectivity index (χ0n) is 26.9. The van der Waals surface area contributed by atoms with Crippen LogP contribution in [0.5, 0.6) is 0 Å². The predicted molar refractivity (Wildman–Crippen MR) is 171 cm³/mol. The molecule has 14 N–H and O–H groups in total. The maximum atomic E-state index is 13.3. The fraction of sp³-hybridized carbons (Fsp3) is 0.655. The van der Waals surface area contributed by atoms with E-state index in [4.69, 9.17) is 22.9 Å². The second kappa shape index (κ2) is 20.6. The van der Waals surface area contributed by atoms with Crippen molar-refractivity contribution < 1.29 is 38.7 Å². The van der Waals surface area contributed by atoms with Gasteiger partial charge < -0.3 is 59.2 Å². The summed E-state index contributed by atoms with van der Waals surface area (Å²) in [7, 11) is 0. The van der Waals surface area contributed by atoms with Crippen molar-refractivity contribution in [3.8, 4) is 0 Å². The minimum absolute atomic E-state index is 0.0368. The fourth-order valence-electron chi connectivity index (χ4n) is 5.17. The predicted octanol–water partition coefficient (Wildman–Crippen LogP) is -3.94. The third-order valence-corrected chi connectivity index (χ3v) is 7.81. The van der Waals surface area contributed by atoms with Gasteiger partial charge in [-0.05, 0) is 58.0 Å². The molecule has 0 radical (unpaired) electrons. The van der Waals surface area contributed by atoms with Crippen LogP contribution >= 0.6 is 0 Å². The molecule has 0 bridgehead atoms. The first-order valence-electron chi connectivity index (χ1n) is 16.0. The van der Waals surface area contributed by atoms with Crippen LogP contribution in [0, 0.1) is 0 Å². The Bertz CT molecular complexity index is 1250. The van der Waals surface area contributed by atoms with Crippen LogP contribution in [-0.4, -0.2) is 118 Å². The summed E-state index contributed by atoms with van der Waals surface area (Å²) in [6, 6.07) is -5.77. The van der Waals surface area contributed by atoms with Crippen molar-refractivity contribution in [2.75, 3.05) is 26.2 Å². The van der Waals surface area contributed by atoms with Gasteiger partial charge in [0.25, 0.3) is 0 Å². The highest BCUT2D eigenvalue weighted by Gasteiger charge is 2.37. The maximum Gasteiger partial charge on any atom is 0.326 e. The number of unbranched alkanes of at least 4 members (excludes halogenated alkanes) is 2. The van der Waals surface area contributed by atoms with E-state index in [0.717, 1.165) is 0 Å². The van der Waals surface area contributed by atoms with Gasteiger partial charge in [-0.15, -0.1) is 0 Å². The number of aliphatic carboxylic acids is 1. The highest BCUT2D eigenvalue weighted by Crippen LogP contribution is 2.18. The van der Waals surface area contributed by atoms with Gasteiger partial charge in [-0.25, -0.2) is 9.78 Å². The second-order valence-corrected chi connectivity index (χ2v) is 11.6. The van der Waals surface area contributed by atoms with Crippen LogP contribution in [0.4, 0.5) is 0 Å². The molecule has 5 atom stereocenters. The summed E-state index contributed by atoms with van der Waals surface area (Å²) >= 11 is 0. The van der Waals surface area contributed by atoms with E-state index in [2.05, 4.69) is 31.2 Å². The molecule has 0 aliphatic carbocycles. The molecule has 0 spiro atoms. The summed E-state index contributed by atoms with van der Waals surface area (Å²) in [5, 5.41) is 19.4. The summed E-state index contributed by atoms with van der Waals surface area (Å²) in [4.78, 5) is 96.6. The molecule has 48 heavy (non-hydrogen) atoms. The molecule has 0 unspecified atom stereocenters. The molecule has 1 aromatic rings. The van der Waals surface area contributed by atoms with E-state index >= 15 is 0 Å². The first-order chi connectivity index (χ1) is 22.9. The Hall–Kier alpha value is -4.62. The Balaban J connectivity index is 2.05. The van der Waals surface area contributed by atoms with Crippen LogP contribution in [0.3, 0.4) is 0 Å². The molecule has 2 heterocycles. The zero-order valence-corrected chi connectivity index (χ0v) is 26.9. The zero-order chi connectivity index (χ0) is 35.6. The number of carboxylic acid groups (broad SMARTS) is 1. The number of likely N-dealkylation sites (tertiary alicyclic amines) is 1. The number of carboxylic acids is 1. The lowest BCUT2D eigenvalue weighted by molar-refractivity contribution is -0.143. The summed E-state index contributed by atoms with van der Waals surface area (Å²) in [5.74, 6) is -5.71. The van der Waals surface area contributed by atoms with Crippen molar-refractivity contribution in [3.63, 3.8) is 0 Å². The number of aromatic amines is 1. The lowest BCUT2D eigenvalue weighted by Crippen LogP contribution is -2.57. The minimum atomic E-state index is -1.49. The second-order valence-electron chi connectivity index (χ2n) is 11.6. The number of aromatic nitrogens is 2. The van der Waals surface area contributed by atoms with Gasteiger partial charge >= 0.3 is 5.97 Å². The van der Waals surface area contributed by atoms with Gasteiger partial charge in [-0.3, -0.25) is 28.8 Å². The highest BCUT2D eigenvalue weighted by atomic mass is 16.4. The Morgan fingerprint density at radius 3 is 2.19 bits per heavy atom. The smallest absolute Gasteiger partial charge is 0.326 e. The lowest BCUT2D eigenvalue weighted by atomic mass is 10.1. The molecule has 1 aromatic heterocycles. The Kier molecular flexibility index (Phi) is 17.0. The van der Waals surface area contributed by atoms with Crippen LogP contribution in [0.25, 0.3) is 0 Å². The number of carbonyl (C=O) groups is 7. The lowest BCUT2D eigenvalue weighted by Gasteiger charge is -2.27. The number of nitrogens with one attached hydrogen (secondary N) is 5. The van der Waals surface area contributed by atoms with Gasteiger partial charge in [0, 0.05) is 24.9 Å². The number of rotatable bonds is 22. The summed E-state index contributed by atoms with van der Waals surface area (Å²) in [6.45, 7) is 0.468. The van der Waals surface area contributed by atoms with Crippen molar-refractivity contribution >= 4 is 41.4 Å². The summed E-state index contributed by atoms with van der Waals surface area (Å²) in [6.07, 6.45) is 5.74. The monoisotopic (exact) mass is 679 g/mol. The van der Waals surface area contributed by atoms with Crippen molar-refractivity contribution in [1.82, 2.24) is 36.1 Å². The number of hydrogen-bond acceptors (Lipinski definition) is 11. The molecule has 0 aromatic carbocycles. The van der Waals surface area contributed by atoms with Gasteiger partial charge in [-0.2, -0.15) is 0 Å². The van der Waals surface area contributed by atoms with E-state index in [1.807, 2.05) is 0 Å². The van der Waals surface area contributed by atoms with Crippen molar-refractivity contribution in [1.29, 1.82) is 0 Å². The van der Waals surface area contributed by atoms with Crippen molar-refractivity contribution in [3.05, 3.63) is 18.2 Å². The molecule has 19 heteroatoms. The summed E-state index contributed by atoms with van der Waals surface area (Å²) in [5.41, 5.74) is 22.8. The average Bonchev–Trinajstić information content (AvgIpc) is 3.75. The first kappa shape index (κ1) is 39.6. The largest absolute Gasteiger partial charge is 0.480 e. The van der Waals surface area contributed by atoms with Gasteiger partial charge in [0.1, 0.15) is 24.2 Å². The van der Waals surface area contributed by atoms with Crippen LogP contribution in [0.2, 0.25) is 0 Å². The molecule has 2 rings (SSSR count). The van der Waals surface area contributed by atoms with Gasteiger partial charge in [0.2, 0.25) is 35.4 Å². The topological polar surface area (TPSA) is 324 Å². The number of primary amides is 1. The summed E-state index contributed by atoms with van der Waals surface area (Å²) < 4.78 is 0. The molecule has 1 aliphatic rings. The van der Waals surface area contributed by atoms with E-state index in [-0.39, 0.29) is 25.8 Å². The number of hydrogen-bond donors (Lipinski definition) is 10. The fourth-order valence-corrected chi connectivity index (χ4v) is 5.17. The van der Waals surface area contributed by atoms with Gasteiger partial charge in [0.05, 0.1) is 25.3 Å². The van der Waals surface area contributed by atoms with Crippen molar-refractivity contribution in [2.45, 2.75) is 94.4 Å². The van der Waals surface area contributed by atoms with E-state index in [1.54, 1.807) is 0 Å². The number of nitrogens with zero attached hydrogens (tertiary/aromatic N) is 2. The average molecular weight is 680 g/mol. The first-order valence-corrected chi connectivity index (χ1v) is 16.0. The highest BCUT2D eigenvalue weighted by molar-refractivity contribution is 5.97. The van der Waals surface area contributed by atoms with Crippen LogP contribution in [-0.2, 0) is 40.0 Å². The number of H-pyrrole nitrogens is 1. The standard InChI is InChI=1S/C29H49N11O8/c30-9-3-1-6-18(32)25(43)38-20(12-17-14-34-16-36-17)26(44)35-15-24(42)40-11-5-8-22(40)28(46)39-21(13-23(33)41)27(45)37-19(29(47)48)7-2-4-10-31/h14,16,18-22H,1-13,15,30-32H2,(H2,33,41)(H,34,36)(H,35,44)(H,37,45)(H,38,43)(H,39,46)(H,47,48)/t18-,19-,20-,21-,22-/m0/s1. The van der Waals surface area contributed by atoms with E-state index in [1.165, 1.54) is 17.4 Å². The number of imidazole rings is 1. The molecule has 19 nitrogen and oxygen atoms in total. The third kappa shape index (κ3) is 13.2. The normalized spacial score (nSPS) is 16.6. The Morgan fingerprint density at radius 1 is 0.917 bits per heavy atom. The van der Waals surface area contributed by atoms with E-state index in [0.29, 0.717) is 57.3 Å². The van der Waals surface area contributed by atoms with Crippen LogP contribution < -0.4 is 44.2 Å². The molecule has 1 saturated heterocycles. The van der Waals surface area contributed by atoms with E-state index < -0.39 is 84.6 Å². The van der Waals surface area contributed by atoms with Gasteiger partial charge in [-0.1, -0.05) is 6.42 Å². The molecule has 268 valence electrons. The number of carbonyl (C=O) groups excluding carboxylic acids is 6. The molecular formula is C29H49N11O8. The molecule has 1 aliphatic heterocycles. The molecule has 1 fully saturated rings. The number of nitrogens with two attached hydrogens (primary N) is 4. The number of amides is 6. The Labute approximate surface area is 278 Å². The SMILES string of the molecule is NCCCC[C@H](NC(=O)[C@H](CC(N)=O)NC(=O)[C@@H]1CCCN1C(=O)CNC(=O)[C@H](Cc1cnc[nH]1)NC(=O)[C@@H](N)CCCCN)C(=O)O. The molecule has 6 amide bonds. The third-order valence-electron chi connectivity index (χ3n) is 7.81. The maximum absolute atomic E-state index is 13.3. The van der Waals surface area contributed by atoms with Gasteiger partial charge in [0.15, 0.2) is 0 Å². The van der Waals surface area contributed by atoms with E-state index in [9.17, 15) is 38.7 Å². The quantitative estimate of drug-likeness (QED) is 0.0525. The van der Waals surface area contributed by atoms with Crippen LogP contribution in [0.1, 0.15) is 63.5 Å². The minimum Gasteiger partial charge on any atom is -0.480 e.